The second kappa shape index (κ2) is 10.5. The first-order valence-electron chi connectivity index (χ1n) is 10.0. The molecule has 0 atom stereocenters. The number of nitrogens with zero attached hydrogens (tertiary/aromatic N) is 2. The maximum Gasteiger partial charge on any atom is 0.270 e. The van der Waals surface area contributed by atoms with Crippen LogP contribution in [0.2, 0.25) is 0 Å². The predicted molar refractivity (Wildman–Crippen MR) is 140 cm³/mol. The Morgan fingerprint density at radius 1 is 1.17 bits per heavy atom. The summed E-state index contributed by atoms with van der Waals surface area (Å²) in [4.78, 5) is 25.0. The van der Waals surface area contributed by atoms with E-state index in [-0.39, 0.29) is 18.2 Å². The largest absolute Gasteiger partial charge is 0.493 e. The number of benzene rings is 3. The molecule has 1 fully saturated rings. The molecule has 11 heteroatoms. The lowest BCUT2D eigenvalue weighted by molar-refractivity contribution is -0.384. The van der Waals surface area contributed by atoms with Crippen LogP contribution in [0.25, 0.3) is 6.08 Å². The fourth-order valence-corrected chi connectivity index (χ4v) is 4.98. The van der Waals surface area contributed by atoms with E-state index in [9.17, 15) is 19.3 Å². The summed E-state index contributed by atoms with van der Waals surface area (Å²) in [5.74, 6) is 0.0662. The zero-order valence-corrected chi connectivity index (χ0v) is 21.3. The highest BCUT2D eigenvalue weighted by molar-refractivity contribution is 9.10. The van der Waals surface area contributed by atoms with Gasteiger partial charge in [-0.15, -0.1) is 0 Å². The van der Waals surface area contributed by atoms with Crippen LogP contribution in [0.15, 0.2) is 70.0 Å². The van der Waals surface area contributed by atoms with Crippen LogP contribution >= 0.6 is 39.9 Å². The normalized spacial score (nSPS) is 14.5. The summed E-state index contributed by atoms with van der Waals surface area (Å²) in [6.45, 7) is 0.173. The molecule has 0 radical (unpaired) electrons. The Balaban J connectivity index is 1.55. The molecule has 1 saturated heterocycles. The van der Waals surface area contributed by atoms with E-state index in [0.717, 1.165) is 17.3 Å². The highest BCUT2D eigenvalue weighted by Gasteiger charge is 2.33. The van der Waals surface area contributed by atoms with Crippen molar-refractivity contribution < 1.29 is 23.6 Å². The van der Waals surface area contributed by atoms with Crippen molar-refractivity contribution in [3.63, 3.8) is 0 Å². The number of amides is 1. The Bertz CT molecular complexity index is 1360. The van der Waals surface area contributed by atoms with Crippen molar-refractivity contribution in [1.82, 2.24) is 0 Å². The molecule has 0 aromatic heterocycles. The summed E-state index contributed by atoms with van der Waals surface area (Å²) in [7, 11) is 1.50. The van der Waals surface area contributed by atoms with Crippen LogP contribution in [0.1, 0.15) is 11.1 Å². The van der Waals surface area contributed by atoms with Gasteiger partial charge < -0.3 is 9.47 Å². The summed E-state index contributed by atoms with van der Waals surface area (Å²) < 4.78 is 25.9. The van der Waals surface area contributed by atoms with Gasteiger partial charge in [0.15, 0.2) is 15.8 Å². The fraction of sp³-hybridized carbons (Fsp3) is 0.0833. The van der Waals surface area contributed by atoms with Gasteiger partial charge in [0.1, 0.15) is 12.4 Å². The quantitative estimate of drug-likeness (QED) is 0.138. The first kappa shape index (κ1) is 24.8. The van der Waals surface area contributed by atoms with Gasteiger partial charge in [0, 0.05) is 16.6 Å². The number of nitro benzene ring substituents is 1. The molecule has 178 valence electrons. The van der Waals surface area contributed by atoms with E-state index in [2.05, 4.69) is 15.9 Å². The van der Waals surface area contributed by atoms with E-state index >= 15 is 0 Å². The van der Waals surface area contributed by atoms with Gasteiger partial charge in [0.25, 0.3) is 11.6 Å². The molecule has 4 rings (SSSR count). The topological polar surface area (TPSA) is 81.9 Å². The first-order valence-corrected chi connectivity index (χ1v) is 12.1. The van der Waals surface area contributed by atoms with Crippen molar-refractivity contribution in [2.45, 2.75) is 6.61 Å². The monoisotopic (exact) mass is 574 g/mol. The summed E-state index contributed by atoms with van der Waals surface area (Å²) in [5, 5.41) is 10.8. The van der Waals surface area contributed by atoms with Gasteiger partial charge in [-0.3, -0.25) is 19.8 Å². The van der Waals surface area contributed by atoms with Gasteiger partial charge in [-0.05, 0) is 59.7 Å². The van der Waals surface area contributed by atoms with Gasteiger partial charge in [-0.25, -0.2) is 4.39 Å². The molecule has 0 bridgehead atoms. The molecule has 35 heavy (non-hydrogen) atoms. The molecule has 1 amide bonds. The lowest BCUT2D eigenvalue weighted by atomic mass is 10.1. The summed E-state index contributed by atoms with van der Waals surface area (Å²) in [5.41, 5.74) is 1.77. The Kier molecular flexibility index (Phi) is 7.48. The van der Waals surface area contributed by atoms with Crippen LogP contribution in [0.4, 0.5) is 15.8 Å². The van der Waals surface area contributed by atoms with E-state index in [1.807, 2.05) is 0 Å². The van der Waals surface area contributed by atoms with Crippen molar-refractivity contribution in [3.05, 3.63) is 97.1 Å². The van der Waals surface area contributed by atoms with E-state index in [1.54, 1.807) is 36.4 Å². The van der Waals surface area contributed by atoms with Crippen molar-refractivity contribution in [3.8, 4) is 11.5 Å². The zero-order valence-electron chi connectivity index (χ0n) is 18.1. The predicted octanol–water partition coefficient (Wildman–Crippen LogP) is 6.49. The smallest absolute Gasteiger partial charge is 0.270 e. The third kappa shape index (κ3) is 5.53. The first-order chi connectivity index (χ1) is 16.8. The van der Waals surface area contributed by atoms with Crippen molar-refractivity contribution in [1.29, 1.82) is 0 Å². The van der Waals surface area contributed by atoms with E-state index in [1.165, 1.54) is 42.3 Å². The number of non-ortho nitro benzene ring substituents is 1. The van der Waals surface area contributed by atoms with Gasteiger partial charge in [-0.2, -0.15) is 0 Å². The molecule has 3 aromatic rings. The third-order valence-corrected chi connectivity index (χ3v) is 6.96. The molecule has 1 aliphatic rings. The average molecular weight is 575 g/mol. The molecule has 0 aliphatic carbocycles. The number of rotatable bonds is 7. The van der Waals surface area contributed by atoms with Gasteiger partial charge in [-0.1, -0.05) is 46.0 Å². The molecule has 7 nitrogen and oxygen atoms in total. The van der Waals surface area contributed by atoms with Crippen molar-refractivity contribution in [2.24, 2.45) is 0 Å². The van der Waals surface area contributed by atoms with Crippen molar-refractivity contribution >= 4 is 67.6 Å². The Morgan fingerprint density at radius 2 is 1.91 bits per heavy atom. The number of hydrogen-bond acceptors (Lipinski definition) is 7. The van der Waals surface area contributed by atoms with Gasteiger partial charge >= 0.3 is 0 Å². The zero-order chi connectivity index (χ0) is 25.1. The standard InChI is InChI=1S/C24H16BrFN2O5S2/c1-32-20-9-15(10-22-23(29)27(24(34)35-22)18-4-2-3-16(26)11-18)19(25)12-21(20)33-13-14-5-7-17(8-6-14)28(30)31/h2-12H,13H2,1H3/b22-10-. The average Bonchev–Trinajstić information content (AvgIpc) is 3.11. The number of ether oxygens (including phenoxy) is 2. The summed E-state index contributed by atoms with van der Waals surface area (Å²) >= 11 is 9.97. The maximum absolute atomic E-state index is 13.7. The van der Waals surface area contributed by atoms with Crippen LogP contribution < -0.4 is 14.4 Å². The molecular weight excluding hydrogens is 559 g/mol. The Hall–Kier alpha value is -3.28. The third-order valence-electron chi connectivity index (χ3n) is 4.97. The molecule has 3 aromatic carbocycles. The van der Waals surface area contributed by atoms with E-state index < -0.39 is 10.7 Å². The minimum absolute atomic E-state index is 0.00115. The van der Waals surface area contributed by atoms with Crippen LogP contribution in [0.5, 0.6) is 11.5 Å². The second-order valence-electron chi connectivity index (χ2n) is 7.23. The van der Waals surface area contributed by atoms with Crippen LogP contribution in [0, 0.1) is 15.9 Å². The number of hydrogen-bond donors (Lipinski definition) is 0. The number of halogens is 2. The number of methoxy groups -OCH3 is 1. The van der Waals surface area contributed by atoms with Gasteiger partial charge in [0.05, 0.1) is 22.6 Å². The second-order valence-corrected chi connectivity index (χ2v) is 9.76. The van der Waals surface area contributed by atoms with Crippen LogP contribution in [-0.2, 0) is 11.4 Å². The molecule has 0 N–H and O–H groups in total. The molecule has 0 unspecified atom stereocenters. The van der Waals surface area contributed by atoms with Crippen LogP contribution in [-0.4, -0.2) is 22.3 Å². The maximum atomic E-state index is 13.7. The molecule has 0 spiro atoms. The minimum atomic E-state index is -0.463. The van der Waals surface area contributed by atoms with Crippen LogP contribution in [0.3, 0.4) is 0 Å². The number of carbonyl (C=O) groups is 1. The Morgan fingerprint density at radius 3 is 2.57 bits per heavy atom. The molecule has 0 saturated carbocycles. The lowest BCUT2D eigenvalue weighted by Gasteiger charge is -2.14. The highest BCUT2D eigenvalue weighted by Crippen LogP contribution is 2.39. The summed E-state index contributed by atoms with van der Waals surface area (Å²) in [6.07, 6.45) is 1.67. The number of carbonyl (C=O) groups excluding carboxylic acids is 1. The fourth-order valence-electron chi connectivity index (χ4n) is 3.26. The number of anilines is 1. The summed E-state index contributed by atoms with van der Waals surface area (Å²) in [6, 6.07) is 15.2. The minimum Gasteiger partial charge on any atom is -0.493 e. The number of thiocarbonyl (C=S) groups is 1. The van der Waals surface area contributed by atoms with E-state index in [4.69, 9.17) is 21.7 Å². The lowest BCUT2D eigenvalue weighted by Crippen LogP contribution is -2.27. The molecular formula is C24H16BrFN2O5S2. The molecule has 1 heterocycles. The molecule has 1 aliphatic heterocycles. The SMILES string of the molecule is COc1cc(/C=C2\SC(=S)N(c3cccc(F)c3)C2=O)c(Br)cc1OCc1ccc([N+](=O)[O-])cc1. The number of nitro groups is 1. The highest BCUT2D eigenvalue weighted by atomic mass is 79.9. The Labute approximate surface area is 217 Å². The number of thioether (sulfide) groups is 1. The van der Waals surface area contributed by atoms with Crippen molar-refractivity contribution in [2.75, 3.05) is 12.0 Å². The van der Waals surface area contributed by atoms with Gasteiger partial charge in [0.2, 0.25) is 0 Å². The van der Waals surface area contributed by atoms with E-state index in [0.29, 0.717) is 36.4 Å².